The lowest BCUT2D eigenvalue weighted by atomic mass is 10.0. The number of hydrogen-bond acceptors (Lipinski definition) is 3. The van der Waals surface area contributed by atoms with Gasteiger partial charge in [-0.2, -0.15) is 0 Å². The Hall–Kier alpha value is -1.26. The molecule has 5 heteroatoms. The standard InChI is InChI=1S/C18H29ClN2O2/c1-7-15(13-8-10-14(19)11-9-13)20-12-18(5,6)21-16(22)23-17(2,3)4/h8-11,15,20H,7,12H2,1-6H3,(H,21,22). The largest absolute Gasteiger partial charge is 0.444 e. The zero-order valence-corrected chi connectivity index (χ0v) is 15.8. The number of alkyl carbamates (subject to hydrolysis) is 1. The van der Waals surface area contributed by atoms with Gasteiger partial charge in [0.2, 0.25) is 0 Å². The van der Waals surface area contributed by atoms with Gasteiger partial charge in [-0.05, 0) is 58.7 Å². The maximum Gasteiger partial charge on any atom is 0.408 e. The molecule has 0 aromatic heterocycles. The summed E-state index contributed by atoms with van der Waals surface area (Å²) in [7, 11) is 0. The van der Waals surface area contributed by atoms with Crippen molar-refractivity contribution in [3.63, 3.8) is 0 Å². The van der Waals surface area contributed by atoms with Crippen molar-refractivity contribution in [3.05, 3.63) is 34.9 Å². The summed E-state index contributed by atoms with van der Waals surface area (Å²) < 4.78 is 5.31. The Balaban J connectivity index is 2.59. The summed E-state index contributed by atoms with van der Waals surface area (Å²) in [6.07, 6.45) is 0.549. The SMILES string of the molecule is CCC(NCC(C)(C)NC(=O)OC(C)(C)C)c1ccc(Cl)cc1. The third kappa shape index (κ3) is 7.71. The first-order chi connectivity index (χ1) is 10.5. The fourth-order valence-electron chi connectivity index (χ4n) is 2.20. The highest BCUT2D eigenvalue weighted by atomic mass is 35.5. The molecule has 0 aliphatic rings. The fourth-order valence-corrected chi connectivity index (χ4v) is 2.32. The van der Waals surface area contributed by atoms with E-state index in [0.717, 1.165) is 11.4 Å². The molecule has 1 atom stereocenters. The molecule has 2 N–H and O–H groups in total. The summed E-state index contributed by atoms with van der Waals surface area (Å²) in [6.45, 7) is 12.3. The molecule has 0 saturated carbocycles. The van der Waals surface area contributed by atoms with Crippen LogP contribution in [-0.2, 0) is 4.74 Å². The Morgan fingerprint density at radius 3 is 2.22 bits per heavy atom. The summed E-state index contributed by atoms with van der Waals surface area (Å²) in [5.41, 5.74) is 0.273. The summed E-state index contributed by atoms with van der Waals surface area (Å²) in [6, 6.07) is 8.05. The van der Waals surface area contributed by atoms with Gasteiger partial charge in [0.15, 0.2) is 0 Å². The Kier molecular flexibility index (Phi) is 6.90. The number of carbonyl (C=O) groups is 1. The second-order valence-corrected chi connectivity index (χ2v) is 7.84. The Labute approximate surface area is 144 Å². The molecule has 1 unspecified atom stereocenters. The molecule has 0 aliphatic carbocycles. The summed E-state index contributed by atoms with van der Waals surface area (Å²) in [5.74, 6) is 0. The second kappa shape index (κ2) is 8.02. The zero-order valence-electron chi connectivity index (χ0n) is 15.0. The van der Waals surface area contributed by atoms with E-state index in [1.165, 1.54) is 5.56 Å². The van der Waals surface area contributed by atoms with Gasteiger partial charge in [0.1, 0.15) is 5.60 Å². The van der Waals surface area contributed by atoms with Crippen LogP contribution in [0.25, 0.3) is 0 Å². The first-order valence-corrected chi connectivity index (χ1v) is 8.40. The summed E-state index contributed by atoms with van der Waals surface area (Å²) in [4.78, 5) is 11.9. The van der Waals surface area contributed by atoms with E-state index in [4.69, 9.17) is 16.3 Å². The van der Waals surface area contributed by atoms with Crippen LogP contribution < -0.4 is 10.6 Å². The van der Waals surface area contributed by atoms with Gasteiger partial charge in [-0.15, -0.1) is 0 Å². The van der Waals surface area contributed by atoms with Crippen LogP contribution in [0.15, 0.2) is 24.3 Å². The van der Waals surface area contributed by atoms with Crippen molar-refractivity contribution < 1.29 is 9.53 Å². The molecule has 0 aliphatic heterocycles. The molecular formula is C18H29ClN2O2. The quantitative estimate of drug-likeness (QED) is 0.790. The average molecular weight is 341 g/mol. The van der Waals surface area contributed by atoms with Gasteiger partial charge in [-0.1, -0.05) is 30.7 Å². The number of amides is 1. The lowest BCUT2D eigenvalue weighted by Gasteiger charge is -2.30. The molecule has 0 saturated heterocycles. The lowest BCUT2D eigenvalue weighted by Crippen LogP contribution is -2.52. The highest BCUT2D eigenvalue weighted by Gasteiger charge is 2.25. The normalized spacial score (nSPS) is 13.5. The monoisotopic (exact) mass is 340 g/mol. The van der Waals surface area contributed by atoms with Crippen LogP contribution in [-0.4, -0.2) is 23.8 Å². The molecule has 0 radical (unpaired) electrons. The van der Waals surface area contributed by atoms with E-state index in [9.17, 15) is 4.79 Å². The van der Waals surface area contributed by atoms with E-state index in [-0.39, 0.29) is 6.04 Å². The molecule has 4 nitrogen and oxygen atoms in total. The molecule has 1 aromatic carbocycles. The van der Waals surface area contributed by atoms with Crippen LogP contribution in [0, 0.1) is 0 Å². The fraction of sp³-hybridized carbons (Fsp3) is 0.611. The third-order valence-corrected chi connectivity index (χ3v) is 3.56. The van der Waals surface area contributed by atoms with Crippen molar-refractivity contribution in [2.45, 2.75) is 65.1 Å². The van der Waals surface area contributed by atoms with Gasteiger partial charge in [-0.3, -0.25) is 0 Å². The van der Waals surface area contributed by atoms with Gasteiger partial charge in [0, 0.05) is 17.6 Å². The van der Waals surface area contributed by atoms with Crippen molar-refractivity contribution >= 4 is 17.7 Å². The first-order valence-electron chi connectivity index (χ1n) is 8.02. The van der Waals surface area contributed by atoms with E-state index in [2.05, 4.69) is 17.6 Å². The molecule has 0 fully saturated rings. The van der Waals surface area contributed by atoms with Crippen LogP contribution >= 0.6 is 11.6 Å². The third-order valence-electron chi connectivity index (χ3n) is 3.31. The van der Waals surface area contributed by atoms with E-state index in [1.54, 1.807) is 0 Å². The highest BCUT2D eigenvalue weighted by molar-refractivity contribution is 6.30. The Morgan fingerprint density at radius 2 is 1.74 bits per heavy atom. The molecule has 1 amide bonds. The van der Waals surface area contributed by atoms with Gasteiger partial charge in [0.05, 0.1) is 5.54 Å². The highest BCUT2D eigenvalue weighted by Crippen LogP contribution is 2.20. The summed E-state index contributed by atoms with van der Waals surface area (Å²) in [5, 5.41) is 7.14. The van der Waals surface area contributed by atoms with Crippen molar-refractivity contribution in [1.29, 1.82) is 0 Å². The maximum absolute atomic E-state index is 11.9. The minimum absolute atomic E-state index is 0.215. The maximum atomic E-state index is 11.9. The van der Waals surface area contributed by atoms with E-state index in [1.807, 2.05) is 58.9 Å². The van der Waals surface area contributed by atoms with E-state index >= 15 is 0 Å². The predicted molar refractivity (Wildman–Crippen MR) is 95.9 cm³/mol. The van der Waals surface area contributed by atoms with Crippen LogP contribution in [0.5, 0.6) is 0 Å². The molecule has 23 heavy (non-hydrogen) atoms. The molecule has 130 valence electrons. The molecular weight excluding hydrogens is 312 g/mol. The number of carbonyl (C=O) groups excluding carboxylic acids is 1. The number of rotatable bonds is 6. The molecule has 0 bridgehead atoms. The van der Waals surface area contributed by atoms with Crippen LogP contribution in [0.2, 0.25) is 5.02 Å². The second-order valence-electron chi connectivity index (χ2n) is 7.40. The summed E-state index contributed by atoms with van der Waals surface area (Å²) >= 11 is 5.94. The predicted octanol–water partition coefficient (Wildman–Crippen LogP) is 4.68. The zero-order chi connectivity index (χ0) is 17.7. The first kappa shape index (κ1) is 19.8. The number of nitrogens with one attached hydrogen (secondary N) is 2. The van der Waals surface area contributed by atoms with Crippen LogP contribution in [0.1, 0.15) is 59.6 Å². The van der Waals surface area contributed by atoms with E-state index < -0.39 is 17.2 Å². The minimum atomic E-state index is -0.497. The average Bonchev–Trinajstić information content (AvgIpc) is 2.38. The van der Waals surface area contributed by atoms with Crippen molar-refractivity contribution in [2.24, 2.45) is 0 Å². The Morgan fingerprint density at radius 1 is 1.17 bits per heavy atom. The number of hydrogen-bond donors (Lipinski definition) is 2. The van der Waals surface area contributed by atoms with E-state index in [0.29, 0.717) is 6.54 Å². The molecule has 1 rings (SSSR count). The van der Waals surface area contributed by atoms with Crippen molar-refractivity contribution in [3.8, 4) is 0 Å². The number of halogens is 1. The van der Waals surface area contributed by atoms with Gasteiger partial charge >= 0.3 is 6.09 Å². The van der Waals surface area contributed by atoms with Crippen LogP contribution in [0.4, 0.5) is 4.79 Å². The number of ether oxygens (including phenoxy) is 1. The van der Waals surface area contributed by atoms with Gasteiger partial charge in [0.25, 0.3) is 0 Å². The van der Waals surface area contributed by atoms with Gasteiger partial charge < -0.3 is 15.4 Å². The smallest absolute Gasteiger partial charge is 0.408 e. The topological polar surface area (TPSA) is 50.4 Å². The van der Waals surface area contributed by atoms with Crippen LogP contribution in [0.3, 0.4) is 0 Å². The lowest BCUT2D eigenvalue weighted by molar-refractivity contribution is 0.0470. The minimum Gasteiger partial charge on any atom is -0.444 e. The molecule has 0 spiro atoms. The molecule has 1 aromatic rings. The molecule has 0 heterocycles. The number of benzene rings is 1. The van der Waals surface area contributed by atoms with Gasteiger partial charge in [-0.25, -0.2) is 4.79 Å². The Bertz CT molecular complexity index is 507. The van der Waals surface area contributed by atoms with Crippen molar-refractivity contribution in [1.82, 2.24) is 10.6 Å². The van der Waals surface area contributed by atoms with Crippen molar-refractivity contribution in [2.75, 3.05) is 6.54 Å².